The van der Waals surface area contributed by atoms with Crippen molar-refractivity contribution in [3.05, 3.63) is 54.2 Å². The third-order valence-corrected chi connectivity index (χ3v) is 3.31. The number of amides is 1. The van der Waals surface area contributed by atoms with Gasteiger partial charge in [-0.15, -0.1) is 0 Å². The fourth-order valence-electron chi connectivity index (χ4n) is 2.21. The molecule has 108 valence electrons. The summed E-state index contributed by atoms with van der Waals surface area (Å²) in [5, 5.41) is 2.84. The highest BCUT2D eigenvalue weighted by Gasteiger charge is 2.31. The Labute approximate surface area is 134 Å². The van der Waals surface area contributed by atoms with Gasteiger partial charge in [-0.2, -0.15) is 4.57 Å². The lowest BCUT2D eigenvalue weighted by molar-refractivity contribution is -0.556. The Bertz CT molecular complexity index is 693. The number of hydrogen-bond acceptors (Lipinski definition) is 2. The van der Waals surface area contributed by atoms with Gasteiger partial charge in [-0.25, -0.2) is 10.1 Å². The Hall–Kier alpha value is -2.14. The molecule has 0 radical (unpaired) electrons. The number of halogens is 1. The van der Waals surface area contributed by atoms with E-state index < -0.39 is 0 Å². The quantitative estimate of drug-likeness (QED) is 0.559. The summed E-state index contributed by atoms with van der Waals surface area (Å²) in [6.07, 6.45) is 3.78. The first-order valence-corrected chi connectivity index (χ1v) is 6.46. The van der Waals surface area contributed by atoms with E-state index in [9.17, 15) is 4.79 Å². The fraction of sp³-hybridized carbons (Fsp3) is 0.125. The van der Waals surface area contributed by atoms with E-state index in [4.69, 9.17) is 0 Å². The highest BCUT2D eigenvalue weighted by Crippen LogP contribution is 2.18. The van der Waals surface area contributed by atoms with Crippen LogP contribution in [0.1, 0.15) is 5.56 Å². The summed E-state index contributed by atoms with van der Waals surface area (Å²) >= 11 is 0. The number of nitrogens with zero attached hydrogens (tertiary/aromatic N) is 2. The standard InChI is InChI=1S/C16H15N3O.BrH/c1-18(2)13-8-6-12(7-9-13)11-14-16(20)17-15-5-3-4-10-19(14)15;/h3-11H,1-2H3;1H/b14-11-;. The number of nitrogens with one attached hydrogen (secondary N) is 1. The highest BCUT2D eigenvalue weighted by atomic mass is 79.9. The van der Waals surface area contributed by atoms with Crippen LogP contribution in [0.2, 0.25) is 0 Å². The van der Waals surface area contributed by atoms with E-state index in [-0.39, 0.29) is 22.9 Å². The molecule has 0 saturated heterocycles. The number of benzene rings is 1. The molecule has 1 amide bonds. The van der Waals surface area contributed by atoms with Crippen molar-refractivity contribution in [3.63, 3.8) is 0 Å². The van der Waals surface area contributed by atoms with Gasteiger partial charge >= 0.3 is 5.91 Å². The average molecular weight is 346 g/mol. The minimum Gasteiger partial charge on any atom is -1.00 e. The number of carbonyl (C=O) groups excluding carboxylic acids is 1. The molecule has 21 heavy (non-hydrogen) atoms. The lowest BCUT2D eigenvalue weighted by Crippen LogP contribution is -3.00. The first kappa shape index (κ1) is 15.3. The van der Waals surface area contributed by atoms with Crippen LogP contribution in [0.4, 0.5) is 11.5 Å². The lowest BCUT2D eigenvalue weighted by Gasteiger charge is -2.11. The van der Waals surface area contributed by atoms with Crippen LogP contribution >= 0.6 is 0 Å². The zero-order valence-electron chi connectivity index (χ0n) is 11.9. The Morgan fingerprint density at radius 3 is 2.48 bits per heavy atom. The number of fused-ring (bicyclic) bond motifs is 1. The summed E-state index contributed by atoms with van der Waals surface area (Å²) in [5.74, 6) is 0.724. The van der Waals surface area contributed by atoms with Gasteiger partial charge in [-0.05, 0) is 23.8 Å². The molecule has 2 heterocycles. The molecule has 1 aromatic carbocycles. The van der Waals surface area contributed by atoms with Gasteiger partial charge in [0.25, 0.3) is 5.82 Å². The summed E-state index contributed by atoms with van der Waals surface area (Å²) in [6.45, 7) is 0. The second-order valence-electron chi connectivity index (χ2n) is 4.93. The molecule has 3 rings (SSSR count). The van der Waals surface area contributed by atoms with Gasteiger partial charge in [-0.3, -0.25) is 0 Å². The van der Waals surface area contributed by atoms with Gasteiger partial charge in [0.2, 0.25) is 5.70 Å². The van der Waals surface area contributed by atoms with Crippen molar-refractivity contribution in [3.8, 4) is 0 Å². The summed E-state index contributed by atoms with van der Waals surface area (Å²) in [6, 6.07) is 13.8. The zero-order chi connectivity index (χ0) is 14.1. The monoisotopic (exact) mass is 345 g/mol. The summed E-state index contributed by atoms with van der Waals surface area (Å²) < 4.78 is 1.86. The molecular formula is C16H16BrN3O. The number of pyridine rings is 1. The van der Waals surface area contributed by atoms with E-state index in [1.807, 2.05) is 78.3 Å². The molecule has 4 nitrogen and oxygen atoms in total. The summed E-state index contributed by atoms with van der Waals surface area (Å²) in [4.78, 5) is 14.0. The topological polar surface area (TPSA) is 36.2 Å². The minimum absolute atomic E-state index is 0. The Morgan fingerprint density at radius 2 is 1.81 bits per heavy atom. The molecule has 1 N–H and O–H groups in total. The van der Waals surface area contributed by atoms with Crippen molar-refractivity contribution in [2.45, 2.75) is 0 Å². The van der Waals surface area contributed by atoms with Gasteiger partial charge in [0, 0.05) is 31.9 Å². The first-order valence-electron chi connectivity index (χ1n) is 6.46. The van der Waals surface area contributed by atoms with Gasteiger partial charge in [0.05, 0.1) is 6.20 Å². The molecule has 1 aliphatic heterocycles. The first-order chi connectivity index (χ1) is 9.65. The predicted molar refractivity (Wildman–Crippen MR) is 80.2 cm³/mol. The lowest BCUT2D eigenvalue weighted by atomic mass is 10.1. The minimum atomic E-state index is -0.0760. The maximum atomic E-state index is 12.0. The van der Waals surface area contributed by atoms with Crippen LogP contribution < -0.4 is 31.8 Å². The molecule has 0 bridgehead atoms. The van der Waals surface area contributed by atoms with Crippen molar-refractivity contribution in [2.75, 3.05) is 24.3 Å². The average Bonchev–Trinajstić information content (AvgIpc) is 2.76. The third kappa shape index (κ3) is 2.97. The fourth-order valence-corrected chi connectivity index (χ4v) is 2.21. The van der Waals surface area contributed by atoms with Crippen LogP contribution in [0.15, 0.2) is 48.7 Å². The molecule has 0 saturated carbocycles. The molecule has 0 aliphatic carbocycles. The normalized spacial score (nSPS) is 14.4. The van der Waals surface area contributed by atoms with Crippen molar-refractivity contribution < 1.29 is 26.3 Å². The molecule has 5 heteroatoms. The molecule has 0 spiro atoms. The van der Waals surface area contributed by atoms with Gasteiger partial charge < -0.3 is 21.9 Å². The smallest absolute Gasteiger partial charge is 0.379 e. The van der Waals surface area contributed by atoms with E-state index in [0.717, 1.165) is 17.1 Å². The predicted octanol–water partition coefficient (Wildman–Crippen LogP) is -1.01. The van der Waals surface area contributed by atoms with Gasteiger partial charge in [0.15, 0.2) is 0 Å². The maximum absolute atomic E-state index is 12.0. The van der Waals surface area contributed by atoms with Crippen LogP contribution in [-0.4, -0.2) is 20.0 Å². The SMILES string of the molecule is CN(C)c1ccc(/C=C2/C(=O)Nc3cccc[n+]32)cc1.[Br-]. The van der Waals surface area contributed by atoms with Gasteiger partial charge in [0.1, 0.15) is 0 Å². The molecule has 0 atom stereocenters. The van der Waals surface area contributed by atoms with E-state index in [2.05, 4.69) is 5.32 Å². The maximum Gasteiger partial charge on any atom is 0.379 e. The highest BCUT2D eigenvalue weighted by molar-refractivity contribution is 6.23. The second-order valence-corrected chi connectivity index (χ2v) is 4.93. The Kier molecular flexibility index (Phi) is 4.43. The summed E-state index contributed by atoms with van der Waals surface area (Å²) in [7, 11) is 4.01. The second kappa shape index (κ2) is 6.10. The molecular weight excluding hydrogens is 330 g/mol. The van der Waals surface area contributed by atoms with Crippen molar-refractivity contribution >= 4 is 29.2 Å². The molecule has 0 unspecified atom stereocenters. The van der Waals surface area contributed by atoms with Crippen LogP contribution in [0.25, 0.3) is 11.8 Å². The van der Waals surface area contributed by atoms with Crippen LogP contribution in [-0.2, 0) is 4.79 Å². The molecule has 1 aliphatic rings. The van der Waals surface area contributed by atoms with Crippen LogP contribution in [0, 0.1) is 0 Å². The zero-order valence-corrected chi connectivity index (χ0v) is 13.5. The molecule has 2 aromatic rings. The van der Waals surface area contributed by atoms with Crippen molar-refractivity contribution in [1.82, 2.24) is 0 Å². The largest absolute Gasteiger partial charge is 1.00 e. The number of hydrogen-bond donors (Lipinski definition) is 1. The van der Waals surface area contributed by atoms with E-state index in [1.165, 1.54) is 0 Å². The van der Waals surface area contributed by atoms with Crippen LogP contribution in [0.5, 0.6) is 0 Å². The number of aromatic nitrogens is 1. The molecule has 1 aromatic heterocycles. The number of anilines is 2. The van der Waals surface area contributed by atoms with Gasteiger partial charge in [-0.1, -0.05) is 18.2 Å². The van der Waals surface area contributed by atoms with Crippen molar-refractivity contribution in [1.29, 1.82) is 0 Å². The summed E-state index contributed by atoms with van der Waals surface area (Å²) in [5.41, 5.74) is 2.78. The molecule has 0 fully saturated rings. The van der Waals surface area contributed by atoms with E-state index in [1.54, 1.807) is 0 Å². The van der Waals surface area contributed by atoms with E-state index in [0.29, 0.717) is 5.70 Å². The number of carbonyl (C=O) groups is 1. The Balaban J connectivity index is 0.00000161. The van der Waals surface area contributed by atoms with Crippen LogP contribution in [0.3, 0.4) is 0 Å². The van der Waals surface area contributed by atoms with Crippen molar-refractivity contribution in [2.24, 2.45) is 0 Å². The third-order valence-electron chi connectivity index (χ3n) is 3.31. The Morgan fingerprint density at radius 1 is 1.10 bits per heavy atom. The number of rotatable bonds is 2. The van der Waals surface area contributed by atoms with E-state index >= 15 is 0 Å².